The second-order valence-electron chi connectivity index (χ2n) is 4.66. The minimum absolute atomic E-state index is 0.857. The highest BCUT2D eigenvalue weighted by Crippen LogP contribution is 2.50. The Bertz CT molecular complexity index is 151. The average Bonchev–Trinajstić information content (AvgIpc) is 2.64. The molecule has 3 atom stereocenters. The van der Waals surface area contributed by atoms with Gasteiger partial charge in [0.25, 0.3) is 0 Å². The number of rotatable bonds is 1. The Balaban J connectivity index is 2.04. The number of hydrogen-bond acceptors (Lipinski definition) is 1. The molecule has 1 aliphatic heterocycles. The molecule has 3 unspecified atom stereocenters. The highest BCUT2D eigenvalue weighted by molar-refractivity contribution is 5.00. The van der Waals surface area contributed by atoms with Gasteiger partial charge in [0, 0.05) is 6.04 Å². The van der Waals surface area contributed by atoms with Crippen molar-refractivity contribution in [1.82, 2.24) is 4.90 Å². The summed E-state index contributed by atoms with van der Waals surface area (Å²) in [6.45, 7) is 6.06. The van der Waals surface area contributed by atoms with Gasteiger partial charge in [-0.05, 0) is 44.2 Å². The number of likely N-dealkylation sites (tertiary alicyclic amines) is 1. The summed E-state index contributed by atoms with van der Waals surface area (Å²) in [4.78, 5) is 2.57. The van der Waals surface area contributed by atoms with Crippen molar-refractivity contribution in [3.05, 3.63) is 0 Å². The van der Waals surface area contributed by atoms with Crippen LogP contribution in [0.4, 0.5) is 0 Å². The van der Waals surface area contributed by atoms with Crippen LogP contribution in [0.25, 0.3) is 0 Å². The third-order valence-electron chi connectivity index (χ3n) is 3.46. The third kappa shape index (κ3) is 1.20. The molecule has 0 amide bonds. The zero-order chi connectivity index (χ0) is 8.01. The van der Waals surface area contributed by atoms with Gasteiger partial charge < -0.3 is 4.90 Å². The highest BCUT2D eigenvalue weighted by Gasteiger charge is 2.48. The minimum atomic E-state index is 0.857. The smallest absolute Gasteiger partial charge is 0.0146 e. The summed E-state index contributed by atoms with van der Waals surface area (Å²) in [5.41, 5.74) is 0. The SMILES string of the molecule is CC(C)C1C2CC2CCN1C. The van der Waals surface area contributed by atoms with Crippen LogP contribution < -0.4 is 0 Å². The molecule has 1 aliphatic carbocycles. The first-order chi connectivity index (χ1) is 5.20. The summed E-state index contributed by atoms with van der Waals surface area (Å²) >= 11 is 0. The second-order valence-corrected chi connectivity index (χ2v) is 4.66. The van der Waals surface area contributed by atoms with E-state index < -0.39 is 0 Å². The number of nitrogens with zero attached hydrogens (tertiary/aromatic N) is 1. The van der Waals surface area contributed by atoms with Gasteiger partial charge in [-0.3, -0.25) is 0 Å². The lowest BCUT2D eigenvalue weighted by Gasteiger charge is -2.35. The van der Waals surface area contributed by atoms with Crippen LogP contribution in [0.3, 0.4) is 0 Å². The summed E-state index contributed by atoms with van der Waals surface area (Å²) in [5.74, 6) is 3.03. The standard InChI is InChI=1S/C10H19N/c1-7(2)10-9-6-8(9)4-5-11(10)3/h7-10H,4-6H2,1-3H3. The maximum atomic E-state index is 2.57. The van der Waals surface area contributed by atoms with Crippen LogP contribution in [-0.2, 0) is 0 Å². The Kier molecular flexibility index (Phi) is 1.71. The van der Waals surface area contributed by atoms with Crippen molar-refractivity contribution >= 4 is 0 Å². The first-order valence-corrected chi connectivity index (χ1v) is 4.90. The van der Waals surface area contributed by atoms with E-state index in [0.29, 0.717) is 0 Å². The second kappa shape index (κ2) is 2.48. The van der Waals surface area contributed by atoms with E-state index in [1.54, 1.807) is 0 Å². The quantitative estimate of drug-likeness (QED) is 0.557. The zero-order valence-electron chi connectivity index (χ0n) is 7.88. The van der Waals surface area contributed by atoms with Crippen LogP contribution in [0.5, 0.6) is 0 Å². The largest absolute Gasteiger partial charge is 0.303 e. The molecule has 11 heavy (non-hydrogen) atoms. The Labute approximate surface area is 69.8 Å². The molecule has 1 heterocycles. The van der Waals surface area contributed by atoms with Crippen LogP contribution in [0.15, 0.2) is 0 Å². The van der Waals surface area contributed by atoms with E-state index >= 15 is 0 Å². The summed E-state index contributed by atoms with van der Waals surface area (Å²) in [7, 11) is 2.29. The van der Waals surface area contributed by atoms with Crippen LogP contribution in [0.2, 0.25) is 0 Å². The van der Waals surface area contributed by atoms with Gasteiger partial charge in [-0.1, -0.05) is 13.8 Å². The molecule has 1 heteroatoms. The Morgan fingerprint density at radius 2 is 2.09 bits per heavy atom. The molecule has 2 rings (SSSR count). The Morgan fingerprint density at radius 1 is 1.36 bits per heavy atom. The zero-order valence-corrected chi connectivity index (χ0v) is 7.88. The molecule has 2 fully saturated rings. The topological polar surface area (TPSA) is 3.24 Å². The maximum absolute atomic E-state index is 2.57. The van der Waals surface area contributed by atoms with E-state index in [0.717, 1.165) is 23.8 Å². The summed E-state index contributed by atoms with van der Waals surface area (Å²) in [6.07, 6.45) is 2.98. The van der Waals surface area contributed by atoms with Crippen molar-refractivity contribution in [1.29, 1.82) is 0 Å². The molecule has 0 radical (unpaired) electrons. The molecule has 0 N–H and O–H groups in total. The number of piperidine rings is 1. The molecule has 0 aromatic carbocycles. The summed E-state index contributed by atoms with van der Waals surface area (Å²) in [5, 5.41) is 0. The fourth-order valence-corrected chi connectivity index (χ4v) is 2.87. The Hall–Kier alpha value is -0.0400. The molecule has 1 saturated carbocycles. The fraction of sp³-hybridized carbons (Fsp3) is 1.00. The Morgan fingerprint density at radius 3 is 2.64 bits per heavy atom. The molecule has 0 aromatic heterocycles. The van der Waals surface area contributed by atoms with Crippen LogP contribution in [0.1, 0.15) is 26.7 Å². The molecule has 0 bridgehead atoms. The van der Waals surface area contributed by atoms with Crippen molar-refractivity contribution in [3.8, 4) is 0 Å². The van der Waals surface area contributed by atoms with Crippen molar-refractivity contribution in [2.24, 2.45) is 17.8 Å². The van der Waals surface area contributed by atoms with Crippen molar-refractivity contribution in [3.63, 3.8) is 0 Å². The summed E-state index contributed by atoms with van der Waals surface area (Å²) in [6, 6.07) is 0.897. The van der Waals surface area contributed by atoms with Gasteiger partial charge in [-0.25, -0.2) is 0 Å². The van der Waals surface area contributed by atoms with Gasteiger partial charge in [0.2, 0.25) is 0 Å². The maximum Gasteiger partial charge on any atom is 0.0146 e. The molecular weight excluding hydrogens is 134 g/mol. The highest BCUT2D eigenvalue weighted by atomic mass is 15.2. The molecule has 0 aromatic rings. The molecular formula is C10H19N. The number of hydrogen-bond donors (Lipinski definition) is 0. The van der Waals surface area contributed by atoms with Crippen molar-refractivity contribution in [2.45, 2.75) is 32.7 Å². The lowest BCUT2D eigenvalue weighted by molar-refractivity contribution is 0.131. The van der Waals surface area contributed by atoms with E-state index in [2.05, 4.69) is 25.8 Å². The van der Waals surface area contributed by atoms with Gasteiger partial charge >= 0.3 is 0 Å². The van der Waals surface area contributed by atoms with E-state index in [9.17, 15) is 0 Å². The van der Waals surface area contributed by atoms with E-state index in [1.807, 2.05) is 0 Å². The predicted octanol–water partition coefficient (Wildman–Crippen LogP) is 1.98. The van der Waals surface area contributed by atoms with Crippen LogP contribution >= 0.6 is 0 Å². The van der Waals surface area contributed by atoms with Crippen molar-refractivity contribution < 1.29 is 0 Å². The lowest BCUT2D eigenvalue weighted by Crippen LogP contribution is -2.41. The molecule has 1 saturated heterocycles. The monoisotopic (exact) mass is 153 g/mol. The van der Waals surface area contributed by atoms with Crippen molar-refractivity contribution in [2.75, 3.05) is 13.6 Å². The lowest BCUT2D eigenvalue weighted by atomic mass is 9.93. The number of fused-ring (bicyclic) bond motifs is 1. The van der Waals surface area contributed by atoms with Gasteiger partial charge in [-0.2, -0.15) is 0 Å². The average molecular weight is 153 g/mol. The van der Waals surface area contributed by atoms with E-state index in [4.69, 9.17) is 0 Å². The molecule has 2 aliphatic rings. The normalized spacial score (nSPS) is 44.2. The molecule has 0 spiro atoms. The summed E-state index contributed by atoms with van der Waals surface area (Å²) < 4.78 is 0. The first kappa shape index (κ1) is 7.60. The third-order valence-corrected chi connectivity index (χ3v) is 3.46. The van der Waals surface area contributed by atoms with E-state index in [-0.39, 0.29) is 0 Å². The molecule has 1 nitrogen and oxygen atoms in total. The van der Waals surface area contributed by atoms with Crippen LogP contribution in [-0.4, -0.2) is 24.5 Å². The first-order valence-electron chi connectivity index (χ1n) is 4.90. The predicted molar refractivity (Wildman–Crippen MR) is 47.5 cm³/mol. The fourth-order valence-electron chi connectivity index (χ4n) is 2.87. The van der Waals surface area contributed by atoms with E-state index in [1.165, 1.54) is 19.4 Å². The minimum Gasteiger partial charge on any atom is -0.303 e. The van der Waals surface area contributed by atoms with Crippen LogP contribution in [0, 0.1) is 17.8 Å². The molecule has 64 valence electrons. The van der Waals surface area contributed by atoms with Gasteiger partial charge in [0.05, 0.1) is 0 Å². The van der Waals surface area contributed by atoms with Gasteiger partial charge in [0.1, 0.15) is 0 Å². The van der Waals surface area contributed by atoms with Gasteiger partial charge in [-0.15, -0.1) is 0 Å². The van der Waals surface area contributed by atoms with Gasteiger partial charge in [0.15, 0.2) is 0 Å².